The molecule has 4 nitrogen and oxygen atoms in total. The molecule has 1 aliphatic heterocycles. The van der Waals surface area contributed by atoms with Crippen molar-refractivity contribution in [3.8, 4) is 0 Å². The van der Waals surface area contributed by atoms with Crippen LogP contribution in [0.15, 0.2) is 18.2 Å². The first-order valence-corrected chi connectivity index (χ1v) is 7.62. The normalized spacial score (nSPS) is 19.8. The molecule has 1 atom stereocenters. The lowest BCUT2D eigenvalue weighted by Crippen LogP contribution is -2.27. The Morgan fingerprint density at radius 1 is 1.27 bits per heavy atom. The van der Waals surface area contributed by atoms with Crippen molar-refractivity contribution in [2.45, 2.75) is 12.6 Å². The Bertz CT molecular complexity index is 701. The van der Waals surface area contributed by atoms with Crippen molar-refractivity contribution in [2.75, 3.05) is 17.2 Å². The van der Waals surface area contributed by atoms with Crippen LogP contribution in [0.25, 0.3) is 0 Å². The number of carbonyl (C=O) groups is 1. The van der Waals surface area contributed by atoms with E-state index in [-0.39, 0.29) is 13.0 Å². The number of rotatable bonds is 3. The van der Waals surface area contributed by atoms with Gasteiger partial charge in [-0.05, 0) is 12.1 Å². The van der Waals surface area contributed by atoms with Gasteiger partial charge in [-0.2, -0.15) is 21.6 Å². The highest BCUT2D eigenvalue weighted by molar-refractivity contribution is 7.86. The molecule has 1 aliphatic rings. The van der Waals surface area contributed by atoms with Gasteiger partial charge in [0.1, 0.15) is 0 Å². The zero-order chi connectivity index (χ0) is 16.7. The molecule has 1 unspecified atom stereocenters. The van der Waals surface area contributed by atoms with Crippen molar-refractivity contribution in [3.05, 3.63) is 29.6 Å². The molecule has 0 spiro atoms. The predicted molar refractivity (Wildman–Crippen MR) is 66.8 cm³/mol. The van der Waals surface area contributed by atoms with Gasteiger partial charge >= 0.3 is 16.4 Å². The first kappa shape index (κ1) is 16.7. The average molecular weight is 343 g/mol. The topological polar surface area (TPSA) is 54.5 Å². The van der Waals surface area contributed by atoms with E-state index in [4.69, 9.17) is 0 Å². The summed E-state index contributed by atoms with van der Waals surface area (Å²) in [4.78, 5) is 12.5. The molecule has 2 rings (SSSR count). The summed E-state index contributed by atoms with van der Waals surface area (Å²) in [6, 6.07) is 2.45. The number of benzene rings is 1. The molecule has 1 heterocycles. The van der Waals surface area contributed by atoms with Crippen LogP contribution in [-0.4, -0.2) is 26.6 Å². The number of alkyl halides is 3. The molecule has 10 heteroatoms. The minimum absolute atomic E-state index is 0.361. The van der Waals surface area contributed by atoms with Gasteiger partial charge in [-0.25, -0.2) is 4.39 Å². The summed E-state index contributed by atoms with van der Waals surface area (Å²) >= 11 is 0. The van der Waals surface area contributed by atoms with Gasteiger partial charge in [-0.1, -0.05) is 6.07 Å². The minimum Gasteiger partial charge on any atom is -0.309 e. The van der Waals surface area contributed by atoms with Crippen molar-refractivity contribution in [3.63, 3.8) is 0 Å². The lowest BCUT2D eigenvalue weighted by atomic mass is 10.1. The molecular formula is C12H10F5NO3S. The number of hydrogen-bond acceptors (Lipinski definition) is 3. The van der Waals surface area contributed by atoms with Crippen molar-refractivity contribution in [1.29, 1.82) is 0 Å². The van der Waals surface area contributed by atoms with E-state index in [1.807, 2.05) is 0 Å². The van der Waals surface area contributed by atoms with Crippen LogP contribution < -0.4 is 4.90 Å². The summed E-state index contributed by atoms with van der Waals surface area (Å²) in [5.74, 6) is -4.24. The maximum Gasteiger partial charge on any atom is 0.419 e. The molecular weight excluding hydrogens is 333 g/mol. The van der Waals surface area contributed by atoms with E-state index in [1.165, 1.54) is 0 Å². The van der Waals surface area contributed by atoms with E-state index in [0.29, 0.717) is 11.0 Å². The van der Waals surface area contributed by atoms with Crippen LogP contribution in [0.5, 0.6) is 0 Å². The van der Waals surface area contributed by atoms with E-state index in [0.717, 1.165) is 12.1 Å². The Kier molecular flexibility index (Phi) is 4.16. The lowest BCUT2D eigenvalue weighted by molar-refractivity contribution is -0.140. The molecule has 1 aromatic rings. The Hall–Kier alpha value is -1.71. The minimum atomic E-state index is -4.93. The predicted octanol–water partition coefficient (Wildman–Crippen LogP) is 2.50. The number of nitrogens with zero attached hydrogens (tertiary/aromatic N) is 1. The maximum atomic E-state index is 14.0. The fourth-order valence-electron chi connectivity index (χ4n) is 2.35. The molecule has 0 bridgehead atoms. The van der Waals surface area contributed by atoms with E-state index in [1.54, 1.807) is 0 Å². The quantitative estimate of drug-likeness (QED) is 0.626. The Morgan fingerprint density at radius 3 is 2.45 bits per heavy atom. The number of anilines is 1. The lowest BCUT2D eigenvalue weighted by Gasteiger charge is -2.19. The summed E-state index contributed by atoms with van der Waals surface area (Å²) in [5.41, 5.74) is -2.13. The Balaban J connectivity index is 2.32. The standard InChI is InChI=1S/C12H10F5NO3S/c13-11-8(12(14,15)16)2-1-3-9(11)18-5-7(4-10(18)19)6-22(17,20)21/h1-3,7H,4-6H2. The van der Waals surface area contributed by atoms with Crippen molar-refractivity contribution >= 4 is 21.8 Å². The molecule has 0 radical (unpaired) electrons. The van der Waals surface area contributed by atoms with Gasteiger partial charge in [0.2, 0.25) is 5.91 Å². The van der Waals surface area contributed by atoms with Crippen LogP contribution in [0.2, 0.25) is 0 Å². The van der Waals surface area contributed by atoms with Gasteiger partial charge in [0.25, 0.3) is 0 Å². The fraction of sp³-hybridized carbons (Fsp3) is 0.417. The van der Waals surface area contributed by atoms with Crippen LogP contribution in [0, 0.1) is 11.7 Å². The van der Waals surface area contributed by atoms with Crippen molar-refractivity contribution < 1.29 is 34.7 Å². The summed E-state index contributed by atoms with van der Waals surface area (Å²) in [6.07, 6.45) is -5.30. The highest BCUT2D eigenvalue weighted by Crippen LogP contribution is 2.36. The largest absolute Gasteiger partial charge is 0.419 e. The Labute approximate surface area is 122 Å². The second kappa shape index (κ2) is 5.49. The highest BCUT2D eigenvalue weighted by Gasteiger charge is 2.39. The zero-order valence-corrected chi connectivity index (χ0v) is 11.7. The summed E-state index contributed by atoms with van der Waals surface area (Å²) < 4.78 is 85.6. The third kappa shape index (κ3) is 3.54. The zero-order valence-electron chi connectivity index (χ0n) is 10.9. The van der Waals surface area contributed by atoms with Crippen LogP contribution in [0.3, 0.4) is 0 Å². The number of halogens is 5. The summed E-state index contributed by atoms with van der Waals surface area (Å²) in [7, 11) is -4.83. The van der Waals surface area contributed by atoms with Gasteiger partial charge in [0, 0.05) is 18.9 Å². The smallest absolute Gasteiger partial charge is 0.309 e. The van der Waals surface area contributed by atoms with Gasteiger partial charge < -0.3 is 4.90 Å². The fourth-order valence-corrected chi connectivity index (χ4v) is 3.14. The van der Waals surface area contributed by atoms with Gasteiger partial charge in [0.05, 0.1) is 17.0 Å². The van der Waals surface area contributed by atoms with Crippen LogP contribution in [0.1, 0.15) is 12.0 Å². The molecule has 0 aromatic heterocycles. The van der Waals surface area contributed by atoms with E-state index >= 15 is 0 Å². The molecule has 1 amide bonds. The van der Waals surface area contributed by atoms with Crippen LogP contribution in [0.4, 0.5) is 27.1 Å². The molecule has 0 N–H and O–H groups in total. The monoisotopic (exact) mass is 343 g/mol. The highest BCUT2D eigenvalue weighted by atomic mass is 32.3. The Morgan fingerprint density at radius 2 is 1.91 bits per heavy atom. The van der Waals surface area contributed by atoms with Gasteiger partial charge in [0.15, 0.2) is 5.82 Å². The number of amides is 1. The SMILES string of the molecule is O=C1CC(CS(=O)(=O)F)CN1c1cccc(C(F)(F)F)c1F. The second-order valence-electron chi connectivity index (χ2n) is 4.92. The van der Waals surface area contributed by atoms with Crippen LogP contribution in [-0.2, 0) is 21.2 Å². The number of hydrogen-bond donors (Lipinski definition) is 0. The maximum absolute atomic E-state index is 14.0. The van der Waals surface area contributed by atoms with Crippen LogP contribution >= 0.6 is 0 Å². The van der Waals surface area contributed by atoms with E-state index in [2.05, 4.69) is 0 Å². The number of carbonyl (C=O) groups excluding carboxylic acids is 1. The van der Waals surface area contributed by atoms with E-state index < -0.39 is 51.0 Å². The molecule has 1 aromatic carbocycles. The molecule has 0 saturated carbocycles. The third-order valence-corrected chi connectivity index (χ3v) is 4.08. The van der Waals surface area contributed by atoms with Gasteiger partial charge in [-0.15, -0.1) is 3.89 Å². The molecule has 1 saturated heterocycles. The van der Waals surface area contributed by atoms with Gasteiger partial charge in [-0.3, -0.25) is 4.79 Å². The summed E-state index contributed by atoms with van der Waals surface area (Å²) in [5, 5.41) is 0. The molecule has 122 valence electrons. The van der Waals surface area contributed by atoms with Crippen molar-refractivity contribution in [2.24, 2.45) is 5.92 Å². The van der Waals surface area contributed by atoms with Crippen molar-refractivity contribution in [1.82, 2.24) is 0 Å². The first-order valence-electron chi connectivity index (χ1n) is 6.07. The second-order valence-corrected chi connectivity index (χ2v) is 6.33. The molecule has 0 aliphatic carbocycles. The molecule has 22 heavy (non-hydrogen) atoms. The third-order valence-electron chi connectivity index (χ3n) is 3.21. The first-order chi connectivity index (χ1) is 9.99. The average Bonchev–Trinajstić information content (AvgIpc) is 2.66. The molecule has 1 fully saturated rings. The summed E-state index contributed by atoms with van der Waals surface area (Å²) in [6.45, 7) is -0.361. The van der Waals surface area contributed by atoms with E-state index in [9.17, 15) is 34.7 Å².